The summed E-state index contributed by atoms with van der Waals surface area (Å²) in [4.78, 5) is 14.7. The second kappa shape index (κ2) is 7.79. The van der Waals surface area contributed by atoms with E-state index in [1.165, 1.54) is 6.07 Å². The highest BCUT2D eigenvalue weighted by Crippen LogP contribution is 2.23. The summed E-state index contributed by atoms with van der Waals surface area (Å²) >= 11 is 3.31. The molecule has 6 heteroatoms. The molecule has 0 aromatic heterocycles. The fraction of sp³-hybridized carbons (Fsp3) is 0.278. The van der Waals surface area contributed by atoms with Crippen LogP contribution in [0.15, 0.2) is 46.9 Å². The Kier molecular flexibility index (Phi) is 5.50. The number of benzene rings is 2. The normalized spacial score (nSPS) is 15.2. The largest absolute Gasteiger partial charge is 0.507 e. The SMILES string of the molecule is O=C(Nc1cccc(CN2CCOCC2)c1)c1cc(Br)ccc1O. The first-order chi connectivity index (χ1) is 11.6. The monoisotopic (exact) mass is 390 g/mol. The molecule has 0 atom stereocenters. The molecule has 1 aliphatic rings. The zero-order valence-electron chi connectivity index (χ0n) is 13.2. The summed E-state index contributed by atoms with van der Waals surface area (Å²) in [5.74, 6) is -0.377. The van der Waals surface area contributed by atoms with E-state index >= 15 is 0 Å². The topological polar surface area (TPSA) is 61.8 Å². The average Bonchev–Trinajstić information content (AvgIpc) is 2.58. The van der Waals surface area contributed by atoms with Crippen LogP contribution in [0.2, 0.25) is 0 Å². The standard InChI is InChI=1S/C18H19BrN2O3/c19-14-4-5-17(22)16(11-14)18(23)20-15-3-1-2-13(10-15)12-21-6-8-24-9-7-21/h1-5,10-11,22H,6-9,12H2,(H,20,23). The van der Waals surface area contributed by atoms with Crippen molar-refractivity contribution < 1.29 is 14.6 Å². The Balaban J connectivity index is 1.69. The van der Waals surface area contributed by atoms with Crippen molar-refractivity contribution in [3.8, 4) is 5.75 Å². The fourth-order valence-electron chi connectivity index (χ4n) is 2.65. The number of ether oxygens (including phenoxy) is 1. The van der Waals surface area contributed by atoms with Gasteiger partial charge < -0.3 is 15.2 Å². The Morgan fingerprint density at radius 1 is 1.21 bits per heavy atom. The molecule has 0 bridgehead atoms. The number of nitrogens with one attached hydrogen (secondary N) is 1. The van der Waals surface area contributed by atoms with E-state index in [-0.39, 0.29) is 17.2 Å². The zero-order valence-corrected chi connectivity index (χ0v) is 14.8. The number of rotatable bonds is 4. The number of amides is 1. The van der Waals surface area contributed by atoms with Crippen LogP contribution in [0.25, 0.3) is 0 Å². The van der Waals surface area contributed by atoms with Gasteiger partial charge in [0.05, 0.1) is 18.8 Å². The lowest BCUT2D eigenvalue weighted by atomic mass is 10.1. The van der Waals surface area contributed by atoms with Crippen molar-refractivity contribution in [1.82, 2.24) is 4.90 Å². The molecule has 2 aromatic rings. The molecular weight excluding hydrogens is 372 g/mol. The van der Waals surface area contributed by atoms with Gasteiger partial charge in [0, 0.05) is 29.8 Å². The molecule has 0 unspecified atom stereocenters. The van der Waals surface area contributed by atoms with Crippen LogP contribution in [-0.2, 0) is 11.3 Å². The van der Waals surface area contributed by atoms with Crippen LogP contribution in [0.1, 0.15) is 15.9 Å². The first kappa shape index (κ1) is 17.0. The van der Waals surface area contributed by atoms with Gasteiger partial charge in [0.1, 0.15) is 5.75 Å². The Hall–Kier alpha value is -1.89. The van der Waals surface area contributed by atoms with E-state index in [2.05, 4.69) is 26.1 Å². The number of anilines is 1. The molecule has 2 N–H and O–H groups in total. The van der Waals surface area contributed by atoms with E-state index in [1.54, 1.807) is 12.1 Å². The Bertz CT molecular complexity index is 730. The molecule has 1 saturated heterocycles. The predicted octanol–water partition coefficient (Wildman–Crippen LogP) is 3.24. The lowest BCUT2D eigenvalue weighted by Gasteiger charge is -2.26. The summed E-state index contributed by atoms with van der Waals surface area (Å²) in [6.07, 6.45) is 0. The molecule has 2 aromatic carbocycles. The van der Waals surface area contributed by atoms with Crippen LogP contribution in [0.5, 0.6) is 5.75 Å². The third-order valence-corrected chi connectivity index (χ3v) is 4.39. The van der Waals surface area contributed by atoms with Gasteiger partial charge in [-0.25, -0.2) is 0 Å². The van der Waals surface area contributed by atoms with E-state index < -0.39 is 0 Å². The van der Waals surface area contributed by atoms with Crippen LogP contribution < -0.4 is 5.32 Å². The van der Waals surface area contributed by atoms with Crippen molar-refractivity contribution in [3.05, 3.63) is 58.1 Å². The quantitative estimate of drug-likeness (QED) is 0.840. The van der Waals surface area contributed by atoms with Gasteiger partial charge in [0.2, 0.25) is 0 Å². The van der Waals surface area contributed by atoms with E-state index in [9.17, 15) is 9.90 Å². The number of morpholine rings is 1. The van der Waals surface area contributed by atoms with Crippen molar-refractivity contribution >= 4 is 27.5 Å². The van der Waals surface area contributed by atoms with E-state index in [0.717, 1.165) is 42.9 Å². The molecule has 3 rings (SSSR count). The molecule has 0 spiro atoms. The minimum absolute atomic E-state index is 0.0415. The third-order valence-electron chi connectivity index (χ3n) is 3.90. The molecule has 1 aliphatic heterocycles. The number of carbonyl (C=O) groups excluding carboxylic acids is 1. The fourth-order valence-corrected chi connectivity index (χ4v) is 3.01. The van der Waals surface area contributed by atoms with Gasteiger partial charge in [-0.05, 0) is 35.9 Å². The van der Waals surface area contributed by atoms with Gasteiger partial charge in [-0.2, -0.15) is 0 Å². The van der Waals surface area contributed by atoms with Crippen LogP contribution in [0.4, 0.5) is 5.69 Å². The molecule has 0 saturated carbocycles. The lowest BCUT2D eigenvalue weighted by molar-refractivity contribution is 0.0342. The summed E-state index contributed by atoms with van der Waals surface area (Å²) in [5.41, 5.74) is 2.08. The summed E-state index contributed by atoms with van der Waals surface area (Å²) in [6.45, 7) is 4.19. The molecule has 1 amide bonds. The van der Waals surface area contributed by atoms with Gasteiger partial charge in [-0.3, -0.25) is 9.69 Å². The van der Waals surface area contributed by atoms with Crippen molar-refractivity contribution in [2.24, 2.45) is 0 Å². The molecule has 126 valence electrons. The molecule has 0 aliphatic carbocycles. The van der Waals surface area contributed by atoms with Gasteiger partial charge >= 0.3 is 0 Å². The maximum atomic E-state index is 12.4. The molecule has 1 heterocycles. The highest BCUT2D eigenvalue weighted by atomic mass is 79.9. The molecular formula is C18H19BrN2O3. The van der Waals surface area contributed by atoms with Gasteiger partial charge in [0.25, 0.3) is 5.91 Å². The first-order valence-corrected chi connectivity index (χ1v) is 8.60. The first-order valence-electron chi connectivity index (χ1n) is 7.81. The van der Waals surface area contributed by atoms with Gasteiger partial charge in [-0.1, -0.05) is 28.1 Å². The number of hydrogen-bond acceptors (Lipinski definition) is 4. The van der Waals surface area contributed by atoms with Gasteiger partial charge in [-0.15, -0.1) is 0 Å². The second-order valence-electron chi connectivity index (χ2n) is 5.70. The maximum absolute atomic E-state index is 12.4. The number of halogens is 1. The smallest absolute Gasteiger partial charge is 0.259 e. The number of phenolic OH excluding ortho intramolecular Hbond substituents is 1. The summed E-state index contributed by atoms with van der Waals surface area (Å²) in [7, 11) is 0. The second-order valence-corrected chi connectivity index (χ2v) is 6.62. The molecule has 5 nitrogen and oxygen atoms in total. The number of aromatic hydroxyl groups is 1. The Morgan fingerprint density at radius 2 is 2.00 bits per heavy atom. The van der Waals surface area contributed by atoms with Crippen molar-refractivity contribution in [3.63, 3.8) is 0 Å². The summed E-state index contributed by atoms with van der Waals surface area (Å²) < 4.78 is 6.10. The van der Waals surface area contributed by atoms with Crippen molar-refractivity contribution in [1.29, 1.82) is 0 Å². The number of phenols is 1. The van der Waals surface area contributed by atoms with E-state index in [1.807, 2.05) is 24.3 Å². The van der Waals surface area contributed by atoms with Crippen LogP contribution in [-0.4, -0.2) is 42.2 Å². The molecule has 0 radical (unpaired) electrons. The minimum Gasteiger partial charge on any atom is -0.507 e. The predicted molar refractivity (Wildman–Crippen MR) is 96.3 cm³/mol. The molecule has 1 fully saturated rings. The molecule has 24 heavy (non-hydrogen) atoms. The summed E-state index contributed by atoms with van der Waals surface area (Å²) in [5, 5.41) is 12.7. The van der Waals surface area contributed by atoms with Gasteiger partial charge in [0.15, 0.2) is 0 Å². The average molecular weight is 391 g/mol. The maximum Gasteiger partial charge on any atom is 0.259 e. The minimum atomic E-state index is -0.336. The number of hydrogen-bond donors (Lipinski definition) is 2. The van der Waals surface area contributed by atoms with Crippen LogP contribution >= 0.6 is 15.9 Å². The summed E-state index contributed by atoms with van der Waals surface area (Å²) in [6, 6.07) is 12.6. The Labute approximate surface area is 149 Å². The highest BCUT2D eigenvalue weighted by Gasteiger charge is 2.13. The van der Waals surface area contributed by atoms with E-state index in [0.29, 0.717) is 5.69 Å². The van der Waals surface area contributed by atoms with Crippen molar-refractivity contribution in [2.45, 2.75) is 6.54 Å². The number of nitrogens with zero attached hydrogens (tertiary/aromatic N) is 1. The van der Waals surface area contributed by atoms with Crippen molar-refractivity contribution in [2.75, 3.05) is 31.6 Å². The van der Waals surface area contributed by atoms with Crippen LogP contribution in [0.3, 0.4) is 0 Å². The highest BCUT2D eigenvalue weighted by molar-refractivity contribution is 9.10. The van der Waals surface area contributed by atoms with Crippen LogP contribution in [0, 0.1) is 0 Å². The Morgan fingerprint density at radius 3 is 2.79 bits per heavy atom. The number of carbonyl (C=O) groups is 1. The van der Waals surface area contributed by atoms with E-state index in [4.69, 9.17) is 4.74 Å². The third kappa shape index (κ3) is 4.35. The lowest BCUT2D eigenvalue weighted by Crippen LogP contribution is -2.35. The zero-order chi connectivity index (χ0) is 16.9.